The number of cyclic esters (lactones) is 1. The lowest BCUT2D eigenvalue weighted by molar-refractivity contribution is -0.274. The molecule has 2 amide bonds. The van der Waals surface area contributed by atoms with Gasteiger partial charge >= 0.3 is 18.4 Å². The number of ether oxygens (including phenoxy) is 3. The molecule has 2 aromatic carbocycles. The average molecular weight is 473 g/mol. The highest BCUT2D eigenvalue weighted by Crippen LogP contribution is 2.43. The fraction of sp³-hybridized carbons (Fsp3) is 0.174. The van der Waals surface area contributed by atoms with Crippen LogP contribution in [-0.4, -0.2) is 23.3 Å². The van der Waals surface area contributed by atoms with Crippen LogP contribution in [0.15, 0.2) is 60.8 Å². The molecule has 1 aliphatic heterocycles. The van der Waals surface area contributed by atoms with Crippen molar-refractivity contribution in [3.8, 4) is 17.4 Å². The number of rotatable bonds is 5. The summed E-state index contributed by atoms with van der Waals surface area (Å²) in [5.74, 6) is -0.469. The molecular weight excluding hydrogens is 455 g/mol. The van der Waals surface area contributed by atoms with Gasteiger partial charge in [-0.05, 0) is 62.4 Å². The maximum Gasteiger partial charge on any atom is 0.573 e. The van der Waals surface area contributed by atoms with Crippen LogP contribution in [0.5, 0.6) is 17.4 Å². The molecule has 0 saturated heterocycles. The molecule has 2 heterocycles. The van der Waals surface area contributed by atoms with E-state index in [0.717, 1.165) is 12.1 Å². The summed E-state index contributed by atoms with van der Waals surface area (Å²) in [7, 11) is 0. The lowest BCUT2D eigenvalue weighted by Gasteiger charge is -2.20. The highest BCUT2D eigenvalue weighted by atomic mass is 19.4. The zero-order chi connectivity index (χ0) is 24.5. The number of esters is 1. The average Bonchev–Trinajstić information content (AvgIpc) is 2.99. The minimum Gasteiger partial charge on any atom is -0.451 e. The van der Waals surface area contributed by atoms with E-state index in [4.69, 9.17) is 9.47 Å². The van der Waals surface area contributed by atoms with Crippen molar-refractivity contribution in [2.24, 2.45) is 0 Å². The first-order valence-electron chi connectivity index (χ1n) is 9.95. The number of amides is 2. The molecule has 3 aromatic rings. The molecule has 0 saturated carbocycles. The molecule has 0 bridgehead atoms. The minimum absolute atomic E-state index is 0.0649. The fourth-order valence-electron chi connectivity index (χ4n) is 3.44. The minimum atomic E-state index is -4.81. The summed E-state index contributed by atoms with van der Waals surface area (Å²) >= 11 is 0. The Bertz CT molecular complexity index is 1240. The second kappa shape index (κ2) is 8.58. The molecule has 0 aliphatic carbocycles. The molecule has 34 heavy (non-hydrogen) atoms. The van der Waals surface area contributed by atoms with E-state index in [2.05, 4.69) is 20.4 Å². The molecule has 0 spiro atoms. The molecule has 2 N–H and O–H groups in total. The number of hydrogen-bond acceptors (Lipinski definition) is 6. The van der Waals surface area contributed by atoms with Crippen molar-refractivity contribution < 1.29 is 37.0 Å². The largest absolute Gasteiger partial charge is 0.573 e. The number of halogens is 3. The number of anilines is 2. The number of nitrogens with one attached hydrogen (secondary N) is 2. The van der Waals surface area contributed by atoms with E-state index in [0.29, 0.717) is 16.9 Å². The predicted octanol–water partition coefficient (Wildman–Crippen LogP) is 5.82. The Balaban J connectivity index is 1.49. The van der Waals surface area contributed by atoms with Crippen LogP contribution in [0, 0.1) is 0 Å². The summed E-state index contributed by atoms with van der Waals surface area (Å²) in [6.45, 7) is 3.47. The summed E-state index contributed by atoms with van der Waals surface area (Å²) in [4.78, 5) is 28.7. The van der Waals surface area contributed by atoms with E-state index in [1.54, 1.807) is 44.2 Å². The highest BCUT2D eigenvalue weighted by molar-refractivity contribution is 6.00. The molecule has 0 atom stereocenters. The van der Waals surface area contributed by atoms with Gasteiger partial charge in [0.1, 0.15) is 22.8 Å². The molecule has 1 aromatic heterocycles. The molecule has 4 rings (SSSR count). The van der Waals surface area contributed by atoms with Gasteiger partial charge in [0.05, 0.1) is 11.1 Å². The molecule has 0 unspecified atom stereocenters. The number of benzene rings is 2. The Kier molecular flexibility index (Phi) is 5.78. The third kappa shape index (κ3) is 5.03. The smallest absolute Gasteiger partial charge is 0.451 e. The van der Waals surface area contributed by atoms with Gasteiger partial charge in [-0.1, -0.05) is 6.07 Å². The predicted molar refractivity (Wildman–Crippen MR) is 115 cm³/mol. The normalized spacial score (nSPS) is 14.1. The van der Waals surface area contributed by atoms with Crippen LogP contribution in [0.1, 0.15) is 29.8 Å². The number of carbonyl (C=O) groups is 2. The van der Waals surface area contributed by atoms with Crippen LogP contribution in [0.3, 0.4) is 0 Å². The van der Waals surface area contributed by atoms with Gasteiger partial charge in [-0.15, -0.1) is 13.2 Å². The van der Waals surface area contributed by atoms with Crippen LogP contribution >= 0.6 is 0 Å². The lowest BCUT2D eigenvalue weighted by atomic mass is 9.95. The van der Waals surface area contributed by atoms with Crippen LogP contribution in [0.4, 0.5) is 29.3 Å². The van der Waals surface area contributed by atoms with Crippen molar-refractivity contribution in [2.75, 3.05) is 10.6 Å². The summed E-state index contributed by atoms with van der Waals surface area (Å²) < 4.78 is 52.0. The van der Waals surface area contributed by atoms with Gasteiger partial charge in [0, 0.05) is 11.9 Å². The number of pyridine rings is 1. The van der Waals surface area contributed by atoms with Crippen molar-refractivity contribution in [1.29, 1.82) is 0 Å². The second-order valence-corrected chi connectivity index (χ2v) is 7.69. The summed E-state index contributed by atoms with van der Waals surface area (Å²) in [5.41, 5.74) is 0.477. The molecule has 1 aliphatic rings. The zero-order valence-electron chi connectivity index (χ0n) is 17.9. The third-order valence-corrected chi connectivity index (χ3v) is 4.77. The monoisotopic (exact) mass is 473 g/mol. The molecule has 0 fully saturated rings. The van der Waals surface area contributed by atoms with Crippen molar-refractivity contribution in [3.05, 3.63) is 71.9 Å². The van der Waals surface area contributed by atoms with E-state index in [1.807, 2.05) is 0 Å². The summed E-state index contributed by atoms with van der Waals surface area (Å²) in [6.07, 6.45) is -3.34. The highest BCUT2D eigenvalue weighted by Gasteiger charge is 2.40. The van der Waals surface area contributed by atoms with E-state index >= 15 is 0 Å². The number of hydrogen-bond donors (Lipinski definition) is 2. The Morgan fingerprint density at radius 2 is 1.76 bits per heavy atom. The Morgan fingerprint density at radius 3 is 2.47 bits per heavy atom. The third-order valence-electron chi connectivity index (χ3n) is 4.77. The van der Waals surface area contributed by atoms with Crippen molar-refractivity contribution in [3.63, 3.8) is 0 Å². The molecule has 176 valence electrons. The molecule has 11 heteroatoms. The first-order valence-corrected chi connectivity index (χ1v) is 9.95. The number of carbonyl (C=O) groups excluding carboxylic acids is 2. The van der Waals surface area contributed by atoms with Gasteiger partial charge in [0.2, 0.25) is 5.88 Å². The Hall–Kier alpha value is -4.28. The number of alkyl halides is 3. The van der Waals surface area contributed by atoms with Gasteiger partial charge in [-0.25, -0.2) is 14.6 Å². The fourth-order valence-corrected chi connectivity index (χ4v) is 3.44. The first-order chi connectivity index (χ1) is 16.0. The lowest BCUT2D eigenvalue weighted by Crippen LogP contribution is -2.20. The number of nitrogens with zero attached hydrogens (tertiary/aromatic N) is 1. The van der Waals surface area contributed by atoms with Gasteiger partial charge in [0.15, 0.2) is 0 Å². The van der Waals surface area contributed by atoms with Crippen LogP contribution in [-0.2, 0) is 10.3 Å². The van der Waals surface area contributed by atoms with Gasteiger partial charge in [-0.2, -0.15) is 0 Å². The zero-order valence-corrected chi connectivity index (χ0v) is 17.9. The maximum atomic E-state index is 12.5. The number of fused-ring (bicyclic) bond motifs is 1. The molecule has 8 nitrogen and oxygen atoms in total. The maximum absolute atomic E-state index is 12.5. The Morgan fingerprint density at radius 1 is 1.03 bits per heavy atom. The van der Waals surface area contributed by atoms with Crippen LogP contribution < -0.4 is 20.1 Å². The quantitative estimate of drug-likeness (QED) is 0.453. The first kappa shape index (κ1) is 22.9. The van der Waals surface area contributed by atoms with Crippen molar-refractivity contribution >= 4 is 23.4 Å². The van der Waals surface area contributed by atoms with Crippen molar-refractivity contribution in [2.45, 2.75) is 25.8 Å². The van der Waals surface area contributed by atoms with E-state index in [9.17, 15) is 22.8 Å². The van der Waals surface area contributed by atoms with E-state index in [1.165, 1.54) is 18.3 Å². The summed E-state index contributed by atoms with van der Waals surface area (Å²) in [6, 6.07) is 12.1. The summed E-state index contributed by atoms with van der Waals surface area (Å²) in [5, 5.41) is 5.08. The number of aromatic nitrogens is 1. The van der Waals surface area contributed by atoms with Gasteiger partial charge in [0.25, 0.3) is 0 Å². The van der Waals surface area contributed by atoms with Crippen LogP contribution in [0.25, 0.3) is 0 Å². The standard InChI is InChI=1S/C23H18F3N3O5/c1-22(2)18-15(20(30)34-22)5-3-7-17(18)32-19-16(6-4-12-27-19)29-21(31)28-13-8-10-14(11-9-13)33-23(24,25)26/h3-12H,1-2H3,(H2,28,29,31). The second-order valence-electron chi connectivity index (χ2n) is 7.69. The van der Waals surface area contributed by atoms with Crippen LogP contribution in [0.2, 0.25) is 0 Å². The Labute approximate surface area is 191 Å². The SMILES string of the molecule is CC1(C)OC(=O)c2cccc(Oc3ncccc3NC(=O)Nc3ccc(OC(F)(F)F)cc3)c21. The van der Waals surface area contributed by atoms with Gasteiger partial charge < -0.3 is 24.8 Å². The topological polar surface area (TPSA) is 98.8 Å². The van der Waals surface area contributed by atoms with Crippen molar-refractivity contribution in [1.82, 2.24) is 4.98 Å². The van der Waals surface area contributed by atoms with Gasteiger partial charge in [-0.3, -0.25) is 0 Å². The number of urea groups is 1. The van der Waals surface area contributed by atoms with E-state index in [-0.39, 0.29) is 17.3 Å². The molecule has 0 radical (unpaired) electrons. The molecular formula is C23H18F3N3O5. The van der Waals surface area contributed by atoms with E-state index < -0.39 is 29.7 Å².